The van der Waals surface area contributed by atoms with Gasteiger partial charge in [-0.25, -0.2) is 4.98 Å². The maximum Gasteiger partial charge on any atom is 0.261 e. The van der Waals surface area contributed by atoms with Crippen molar-refractivity contribution in [3.8, 4) is 0 Å². The van der Waals surface area contributed by atoms with Gasteiger partial charge in [-0.05, 0) is 48.5 Å². The minimum atomic E-state index is 0.0635. The Morgan fingerprint density at radius 3 is 2.86 bits per heavy atom. The summed E-state index contributed by atoms with van der Waals surface area (Å²) in [7, 11) is 0. The molecule has 3 rings (SSSR count). The van der Waals surface area contributed by atoms with Gasteiger partial charge in [-0.2, -0.15) is 0 Å². The molecular formula is C15H13N3O2S. The average molecular weight is 299 g/mol. The second kappa shape index (κ2) is 5.49. The van der Waals surface area contributed by atoms with Crippen LogP contribution in [0.5, 0.6) is 0 Å². The lowest BCUT2D eigenvalue weighted by Gasteiger charge is -2.06. The monoisotopic (exact) mass is 299 g/mol. The number of hydrogen-bond acceptors (Lipinski definition) is 5. The fraction of sp³-hybridized carbons (Fsp3) is 0.0667. The molecule has 6 heteroatoms. The van der Waals surface area contributed by atoms with Gasteiger partial charge in [0.05, 0.1) is 0 Å². The maximum absolute atomic E-state index is 8.88. The number of aromatic nitrogens is 1. The molecule has 1 heterocycles. The lowest BCUT2D eigenvalue weighted by atomic mass is 10.1. The SMILES string of the molecule is Cc1ccc(C(N)=NO)c(Sc2nc3ccccc3o2)c1. The van der Waals surface area contributed by atoms with Crippen molar-refractivity contribution in [1.82, 2.24) is 4.98 Å². The van der Waals surface area contributed by atoms with Gasteiger partial charge in [-0.3, -0.25) is 0 Å². The van der Waals surface area contributed by atoms with Gasteiger partial charge >= 0.3 is 0 Å². The number of hydrogen-bond donors (Lipinski definition) is 2. The van der Waals surface area contributed by atoms with Crippen LogP contribution in [0.1, 0.15) is 11.1 Å². The molecule has 0 aliphatic carbocycles. The third-order valence-electron chi connectivity index (χ3n) is 2.99. The molecule has 0 aliphatic rings. The minimum absolute atomic E-state index is 0.0635. The van der Waals surface area contributed by atoms with E-state index in [4.69, 9.17) is 15.4 Å². The van der Waals surface area contributed by atoms with Crippen molar-refractivity contribution in [3.63, 3.8) is 0 Å². The van der Waals surface area contributed by atoms with Gasteiger partial charge in [0.15, 0.2) is 11.4 Å². The highest BCUT2D eigenvalue weighted by Crippen LogP contribution is 2.32. The number of nitrogens with zero attached hydrogens (tertiary/aromatic N) is 2. The molecule has 0 fully saturated rings. The number of oxazole rings is 1. The maximum atomic E-state index is 8.88. The second-order valence-corrected chi connectivity index (χ2v) is 5.53. The fourth-order valence-electron chi connectivity index (χ4n) is 1.97. The van der Waals surface area contributed by atoms with Crippen molar-refractivity contribution in [1.29, 1.82) is 0 Å². The number of aryl methyl sites for hydroxylation is 1. The summed E-state index contributed by atoms with van der Waals surface area (Å²) in [4.78, 5) is 5.25. The minimum Gasteiger partial charge on any atom is -0.431 e. The molecule has 0 bridgehead atoms. The van der Waals surface area contributed by atoms with E-state index in [1.165, 1.54) is 11.8 Å². The highest BCUT2D eigenvalue weighted by atomic mass is 32.2. The van der Waals surface area contributed by atoms with E-state index in [2.05, 4.69) is 10.1 Å². The number of rotatable bonds is 3. The standard InChI is InChI=1S/C15H13N3O2S/c1-9-6-7-10(14(16)18-19)13(8-9)21-15-17-11-4-2-3-5-12(11)20-15/h2-8,19H,1H3,(H2,16,18). The quantitative estimate of drug-likeness (QED) is 0.335. The molecule has 3 N–H and O–H groups in total. The summed E-state index contributed by atoms with van der Waals surface area (Å²) in [5.74, 6) is 0.0635. The molecule has 0 amide bonds. The lowest BCUT2D eigenvalue weighted by Crippen LogP contribution is -2.14. The Kier molecular flexibility index (Phi) is 3.53. The van der Waals surface area contributed by atoms with E-state index in [9.17, 15) is 0 Å². The summed E-state index contributed by atoms with van der Waals surface area (Å²) in [5.41, 5.74) is 8.97. The van der Waals surface area contributed by atoms with Gasteiger partial charge in [0.2, 0.25) is 0 Å². The third kappa shape index (κ3) is 2.71. The van der Waals surface area contributed by atoms with E-state index in [1.54, 1.807) is 0 Å². The van der Waals surface area contributed by atoms with Crippen LogP contribution < -0.4 is 5.73 Å². The first kappa shape index (κ1) is 13.5. The van der Waals surface area contributed by atoms with E-state index in [-0.39, 0.29) is 5.84 Å². The predicted octanol–water partition coefficient (Wildman–Crippen LogP) is 3.38. The predicted molar refractivity (Wildman–Crippen MR) is 81.8 cm³/mol. The van der Waals surface area contributed by atoms with E-state index >= 15 is 0 Å². The molecule has 106 valence electrons. The molecule has 0 unspecified atom stereocenters. The molecule has 0 atom stereocenters. The molecule has 2 aromatic carbocycles. The Labute approximate surface area is 125 Å². The van der Waals surface area contributed by atoms with Crippen LogP contribution in [0.4, 0.5) is 0 Å². The van der Waals surface area contributed by atoms with Crippen molar-refractivity contribution >= 4 is 28.7 Å². The molecule has 5 nitrogen and oxygen atoms in total. The average Bonchev–Trinajstić information content (AvgIpc) is 2.89. The van der Waals surface area contributed by atoms with Crippen molar-refractivity contribution in [2.24, 2.45) is 10.9 Å². The fourth-order valence-corrected chi connectivity index (χ4v) is 2.96. The van der Waals surface area contributed by atoms with Crippen molar-refractivity contribution in [2.45, 2.75) is 17.0 Å². The van der Waals surface area contributed by atoms with E-state index < -0.39 is 0 Å². The van der Waals surface area contributed by atoms with Crippen molar-refractivity contribution in [2.75, 3.05) is 0 Å². The highest BCUT2D eigenvalue weighted by molar-refractivity contribution is 7.99. The van der Waals surface area contributed by atoms with Crippen LogP contribution in [-0.2, 0) is 0 Å². The zero-order chi connectivity index (χ0) is 14.8. The Balaban J connectivity index is 2.02. The molecule has 0 spiro atoms. The number of fused-ring (bicyclic) bond motifs is 1. The number of amidine groups is 1. The number of oxime groups is 1. The third-order valence-corrected chi connectivity index (χ3v) is 3.90. The number of nitrogens with two attached hydrogens (primary N) is 1. The number of benzene rings is 2. The van der Waals surface area contributed by atoms with E-state index in [0.29, 0.717) is 10.8 Å². The zero-order valence-electron chi connectivity index (χ0n) is 11.3. The molecule has 0 aliphatic heterocycles. The zero-order valence-corrected chi connectivity index (χ0v) is 12.1. The van der Waals surface area contributed by atoms with Gasteiger partial charge < -0.3 is 15.4 Å². The summed E-state index contributed by atoms with van der Waals surface area (Å²) < 4.78 is 5.69. The van der Waals surface area contributed by atoms with Gasteiger partial charge in [-0.15, -0.1) is 0 Å². The summed E-state index contributed by atoms with van der Waals surface area (Å²) in [6, 6.07) is 13.2. The summed E-state index contributed by atoms with van der Waals surface area (Å²) in [5, 5.41) is 12.5. The van der Waals surface area contributed by atoms with Crippen LogP contribution in [0.2, 0.25) is 0 Å². The Bertz CT molecular complexity index is 794. The van der Waals surface area contributed by atoms with Crippen molar-refractivity contribution < 1.29 is 9.62 Å². The summed E-state index contributed by atoms with van der Waals surface area (Å²) in [6.45, 7) is 1.98. The number of para-hydroxylation sites is 2. The smallest absolute Gasteiger partial charge is 0.261 e. The largest absolute Gasteiger partial charge is 0.431 e. The molecule has 0 radical (unpaired) electrons. The van der Waals surface area contributed by atoms with Crippen molar-refractivity contribution in [3.05, 3.63) is 53.6 Å². The van der Waals surface area contributed by atoms with E-state index in [0.717, 1.165) is 21.6 Å². The molecule has 0 saturated carbocycles. The Morgan fingerprint density at radius 1 is 1.29 bits per heavy atom. The first-order chi connectivity index (χ1) is 10.2. The van der Waals surface area contributed by atoms with Gasteiger partial charge in [0.1, 0.15) is 5.52 Å². The summed E-state index contributed by atoms with van der Waals surface area (Å²) in [6.07, 6.45) is 0. The lowest BCUT2D eigenvalue weighted by molar-refractivity contribution is 0.318. The van der Waals surface area contributed by atoms with Crippen LogP contribution >= 0.6 is 11.8 Å². The van der Waals surface area contributed by atoms with Gasteiger partial charge in [0, 0.05) is 10.5 Å². The van der Waals surface area contributed by atoms with Crippen LogP contribution in [0.3, 0.4) is 0 Å². The molecule has 3 aromatic rings. The van der Waals surface area contributed by atoms with Crippen LogP contribution in [-0.4, -0.2) is 16.0 Å². The Morgan fingerprint density at radius 2 is 2.10 bits per heavy atom. The van der Waals surface area contributed by atoms with Crippen LogP contribution in [0.15, 0.2) is 62.2 Å². The highest BCUT2D eigenvalue weighted by Gasteiger charge is 2.13. The second-order valence-electron chi connectivity index (χ2n) is 4.53. The van der Waals surface area contributed by atoms with E-state index in [1.807, 2.05) is 49.4 Å². The summed E-state index contributed by atoms with van der Waals surface area (Å²) >= 11 is 1.35. The topological polar surface area (TPSA) is 84.6 Å². The first-order valence-corrected chi connectivity index (χ1v) is 7.11. The van der Waals surface area contributed by atoms with Crippen LogP contribution in [0.25, 0.3) is 11.1 Å². The first-order valence-electron chi connectivity index (χ1n) is 6.29. The van der Waals surface area contributed by atoms with Gasteiger partial charge in [0.25, 0.3) is 5.22 Å². The normalized spacial score (nSPS) is 12.0. The molecule has 0 saturated heterocycles. The molecule has 21 heavy (non-hydrogen) atoms. The van der Waals surface area contributed by atoms with Gasteiger partial charge in [-0.1, -0.05) is 23.4 Å². The molecule has 1 aromatic heterocycles. The molecular weight excluding hydrogens is 286 g/mol. The Hall–Kier alpha value is -2.47. The van der Waals surface area contributed by atoms with Crippen LogP contribution in [0, 0.1) is 6.92 Å².